The van der Waals surface area contributed by atoms with E-state index in [2.05, 4.69) is 30.2 Å². The van der Waals surface area contributed by atoms with E-state index in [1.807, 2.05) is 24.3 Å². The van der Waals surface area contributed by atoms with E-state index in [0.717, 1.165) is 42.0 Å². The first-order chi connectivity index (χ1) is 13.2. The second-order valence-corrected chi connectivity index (χ2v) is 6.65. The number of H-pyrrole nitrogens is 1. The van der Waals surface area contributed by atoms with Gasteiger partial charge in [-0.2, -0.15) is 0 Å². The number of fused-ring (bicyclic) bond motifs is 1. The molecule has 8 heteroatoms. The van der Waals surface area contributed by atoms with Crippen LogP contribution >= 0.6 is 0 Å². The first-order valence-electron chi connectivity index (χ1n) is 9.04. The number of aromatic amines is 1. The fraction of sp³-hybridized carbons (Fsp3) is 0.368. The van der Waals surface area contributed by atoms with Crippen LogP contribution in [0.1, 0.15) is 18.4 Å². The second-order valence-electron chi connectivity index (χ2n) is 6.65. The molecule has 1 fully saturated rings. The van der Waals surface area contributed by atoms with Gasteiger partial charge in [-0.05, 0) is 30.5 Å². The predicted molar refractivity (Wildman–Crippen MR) is 101 cm³/mol. The Bertz CT molecular complexity index is 941. The largest absolute Gasteiger partial charge is 0.497 e. The third-order valence-electron chi connectivity index (χ3n) is 4.90. The lowest BCUT2D eigenvalue weighted by atomic mass is 9.97. The van der Waals surface area contributed by atoms with Gasteiger partial charge < -0.3 is 19.9 Å². The normalized spacial score (nSPS) is 17.1. The molecule has 1 aromatic carbocycles. The monoisotopic (exact) mass is 366 g/mol. The Kier molecular flexibility index (Phi) is 4.86. The zero-order valence-electron chi connectivity index (χ0n) is 15.2. The highest BCUT2D eigenvalue weighted by Gasteiger charge is 2.27. The van der Waals surface area contributed by atoms with Gasteiger partial charge >= 0.3 is 0 Å². The Morgan fingerprint density at radius 3 is 3.19 bits per heavy atom. The van der Waals surface area contributed by atoms with Crippen LogP contribution in [-0.4, -0.2) is 46.0 Å². The highest BCUT2D eigenvalue weighted by Crippen LogP contribution is 2.25. The van der Waals surface area contributed by atoms with E-state index in [1.165, 1.54) is 6.33 Å². The maximum Gasteiger partial charge on any atom is 0.225 e. The maximum absolute atomic E-state index is 12.7. The van der Waals surface area contributed by atoms with Crippen LogP contribution < -0.4 is 15.0 Å². The number of rotatable bonds is 5. The van der Waals surface area contributed by atoms with Gasteiger partial charge in [0.1, 0.15) is 17.6 Å². The molecule has 0 saturated carbocycles. The molecule has 4 rings (SSSR count). The SMILES string of the molecule is COc1cccc(CNC(=O)[C@H]2CCCN(c3ncnc4nc[nH]c34)C2)c1. The number of amides is 1. The van der Waals surface area contributed by atoms with Crippen LogP contribution in [0.25, 0.3) is 11.2 Å². The van der Waals surface area contributed by atoms with Crippen molar-refractivity contribution >= 4 is 22.9 Å². The van der Waals surface area contributed by atoms with Gasteiger partial charge in [0.25, 0.3) is 0 Å². The Morgan fingerprint density at radius 1 is 1.37 bits per heavy atom. The molecule has 27 heavy (non-hydrogen) atoms. The highest BCUT2D eigenvalue weighted by atomic mass is 16.5. The van der Waals surface area contributed by atoms with Crippen LogP contribution in [0.5, 0.6) is 5.75 Å². The summed E-state index contributed by atoms with van der Waals surface area (Å²) in [5, 5.41) is 3.05. The van der Waals surface area contributed by atoms with Crippen molar-refractivity contribution in [3.8, 4) is 5.75 Å². The number of carbonyl (C=O) groups excluding carboxylic acids is 1. The molecule has 1 aliphatic heterocycles. The van der Waals surface area contributed by atoms with Crippen LogP contribution in [0.15, 0.2) is 36.9 Å². The van der Waals surface area contributed by atoms with Gasteiger partial charge in [0.05, 0.1) is 19.4 Å². The summed E-state index contributed by atoms with van der Waals surface area (Å²) in [6.07, 6.45) is 4.95. The zero-order valence-corrected chi connectivity index (χ0v) is 15.2. The van der Waals surface area contributed by atoms with Crippen molar-refractivity contribution in [2.45, 2.75) is 19.4 Å². The van der Waals surface area contributed by atoms with E-state index >= 15 is 0 Å². The fourth-order valence-electron chi connectivity index (χ4n) is 3.49. The van der Waals surface area contributed by atoms with Crippen molar-refractivity contribution < 1.29 is 9.53 Å². The summed E-state index contributed by atoms with van der Waals surface area (Å²) in [7, 11) is 1.64. The Morgan fingerprint density at radius 2 is 2.30 bits per heavy atom. The number of aromatic nitrogens is 4. The minimum Gasteiger partial charge on any atom is -0.497 e. The molecule has 2 N–H and O–H groups in total. The van der Waals surface area contributed by atoms with Crippen molar-refractivity contribution in [1.29, 1.82) is 0 Å². The lowest BCUT2D eigenvalue weighted by Gasteiger charge is -2.32. The Balaban J connectivity index is 1.41. The number of hydrogen-bond donors (Lipinski definition) is 2. The molecular formula is C19H22N6O2. The third kappa shape index (κ3) is 3.69. The topological polar surface area (TPSA) is 96.0 Å². The molecule has 3 aromatic rings. The lowest BCUT2D eigenvalue weighted by molar-refractivity contribution is -0.125. The average molecular weight is 366 g/mol. The molecule has 1 saturated heterocycles. The van der Waals surface area contributed by atoms with E-state index in [0.29, 0.717) is 18.7 Å². The number of nitrogens with zero attached hydrogens (tertiary/aromatic N) is 4. The van der Waals surface area contributed by atoms with E-state index < -0.39 is 0 Å². The first-order valence-corrected chi connectivity index (χ1v) is 9.04. The molecule has 1 amide bonds. The molecule has 0 radical (unpaired) electrons. The number of hydrogen-bond acceptors (Lipinski definition) is 6. The number of anilines is 1. The van der Waals surface area contributed by atoms with E-state index in [-0.39, 0.29) is 11.8 Å². The van der Waals surface area contributed by atoms with E-state index in [4.69, 9.17) is 4.74 Å². The maximum atomic E-state index is 12.7. The smallest absolute Gasteiger partial charge is 0.225 e. The molecule has 2 aromatic heterocycles. The van der Waals surface area contributed by atoms with Crippen LogP contribution in [0.3, 0.4) is 0 Å². The van der Waals surface area contributed by atoms with Gasteiger partial charge in [-0.25, -0.2) is 15.0 Å². The van der Waals surface area contributed by atoms with Crippen molar-refractivity contribution in [3.05, 3.63) is 42.5 Å². The van der Waals surface area contributed by atoms with Gasteiger partial charge in [0.15, 0.2) is 11.5 Å². The van der Waals surface area contributed by atoms with Gasteiger partial charge in [0.2, 0.25) is 5.91 Å². The molecule has 0 aliphatic carbocycles. The highest BCUT2D eigenvalue weighted by molar-refractivity contribution is 5.84. The molecule has 0 bridgehead atoms. The van der Waals surface area contributed by atoms with Crippen molar-refractivity contribution in [2.75, 3.05) is 25.1 Å². The van der Waals surface area contributed by atoms with Crippen LogP contribution in [0.2, 0.25) is 0 Å². The molecule has 1 aliphatic rings. The summed E-state index contributed by atoms with van der Waals surface area (Å²) < 4.78 is 5.23. The van der Waals surface area contributed by atoms with Crippen LogP contribution in [-0.2, 0) is 11.3 Å². The average Bonchev–Trinajstić information content (AvgIpc) is 3.21. The summed E-state index contributed by atoms with van der Waals surface area (Å²) in [6.45, 7) is 1.99. The second kappa shape index (κ2) is 7.61. The standard InChI is InChI=1S/C19H22N6O2/c1-27-15-6-2-4-13(8-15)9-20-19(26)14-5-3-7-25(10-14)18-16-17(22-11-21-16)23-12-24-18/h2,4,6,8,11-12,14H,3,5,7,9-10H2,1H3,(H,20,26)(H,21,22,23,24)/t14-/m0/s1. The fourth-order valence-corrected chi connectivity index (χ4v) is 3.49. The lowest BCUT2D eigenvalue weighted by Crippen LogP contribution is -2.43. The molecular weight excluding hydrogens is 344 g/mol. The Hall–Kier alpha value is -3.16. The summed E-state index contributed by atoms with van der Waals surface area (Å²) in [5.41, 5.74) is 2.48. The quantitative estimate of drug-likeness (QED) is 0.716. The Labute approximate surface area is 157 Å². The predicted octanol–water partition coefficient (Wildman–Crippen LogP) is 1.89. The molecule has 1 atom stereocenters. The molecule has 3 heterocycles. The molecule has 0 unspecified atom stereocenters. The number of ether oxygens (including phenoxy) is 1. The van der Waals surface area contributed by atoms with Gasteiger partial charge in [-0.1, -0.05) is 12.1 Å². The van der Waals surface area contributed by atoms with E-state index in [1.54, 1.807) is 13.4 Å². The van der Waals surface area contributed by atoms with Crippen LogP contribution in [0, 0.1) is 5.92 Å². The number of piperidine rings is 1. The minimum absolute atomic E-state index is 0.0671. The number of nitrogens with one attached hydrogen (secondary N) is 2. The van der Waals surface area contributed by atoms with E-state index in [9.17, 15) is 4.79 Å². The molecule has 0 spiro atoms. The summed E-state index contributed by atoms with van der Waals surface area (Å²) >= 11 is 0. The number of imidazole rings is 1. The zero-order chi connectivity index (χ0) is 18.6. The third-order valence-corrected chi connectivity index (χ3v) is 4.90. The number of methoxy groups -OCH3 is 1. The van der Waals surface area contributed by atoms with Gasteiger partial charge in [0, 0.05) is 19.6 Å². The summed E-state index contributed by atoms with van der Waals surface area (Å²) in [6, 6.07) is 7.73. The van der Waals surface area contributed by atoms with Gasteiger partial charge in [-0.3, -0.25) is 4.79 Å². The number of benzene rings is 1. The van der Waals surface area contributed by atoms with Crippen molar-refractivity contribution in [1.82, 2.24) is 25.3 Å². The first kappa shape index (κ1) is 17.3. The molecule has 8 nitrogen and oxygen atoms in total. The van der Waals surface area contributed by atoms with Crippen molar-refractivity contribution in [2.24, 2.45) is 5.92 Å². The van der Waals surface area contributed by atoms with Crippen molar-refractivity contribution in [3.63, 3.8) is 0 Å². The summed E-state index contributed by atoms with van der Waals surface area (Å²) in [5.74, 6) is 1.59. The molecule has 140 valence electrons. The minimum atomic E-state index is -0.0719. The van der Waals surface area contributed by atoms with Crippen LogP contribution in [0.4, 0.5) is 5.82 Å². The van der Waals surface area contributed by atoms with Gasteiger partial charge in [-0.15, -0.1) is 0 Å². The number of carbonyl (C=O) groups is 1. The summed E-state index contributed by atoms with van der Waals surface area (Å²) in [4.78, 5) is 30.7.